The highest BCUT2D eigenvalue weighted by molar-refractivity contribution is 9.10. The van der Waals surface area contributed by atoms with Gasteiger partial charge in [0.15, 0.2) is 0 Å². The van der Waals surface area contributed by atoms with E-state index in [4.69, 9.17) is 10.5 Å². The van der Waals surface area contributed by atoms with E-state index in [1.165, 1.54) is 12.1 Å². The zero-order valence-electron chi connectivity index (χ0n) is 11.5. The summed E-state index contributed by atoms with van der Waals surface area (Å²) in [7, 11) is 0. The number of hydrogen-bond donors (Lipinski definition) is 1. The Labute approximate surface area is 140 Å². The Balaban J connectivity index is 2.35. The van der Waals surface area contributed by atoms with E-state index in [1.54, 1.807) is 6.07 Å². The van der Waals surface area contributed by atoms with Crippen LogP contribution >= 0.6 is 31.9 Å². The fraction of sp³-hybridized carbons (Fsp3) is 0.250. The molecule has 2 nitrogen and oxygen atoms in total. The van der Waals surface area contributed by atoms with Crippen LogP contribution in [-0.2, 0) is 0 Å². The van der Waals surface area contributed by atoms with Crippen LogP contribution in [0.3, 0.4) is 0 Å². The molecule has 21 heavy (non-hydrogen) atoms. The minimum atomic E-state index is -0.352. The van der Waals surface area contributed by atoms with Crippen LogP contribution in [0.25, 0.3) is 0 Å². The van der Waals surface area contributed by atoms with Gasteiger partial charge >= 0.3 is 0 Å². The highest BCUT2D eigenvalue weighted by atomic mass is 79.9. The number of rotatable bonds is 5. The van der Waals surface area contributed by atoms with E-state index in [9.17, 15) is 4.39 Å². The van der Waals surface area contributed by atoms with E-state index in [-0.39, 0.29) is 18.0 Å². The molecule has 2 rings (SSSR count). The molecule has 0 amide bonds. The summed E-state index contributed by atoms with van der Waals surface area (Å²) in [5.41, 5.74) is 7.14. The molecule has 0 radical (unpaired) electrons. The summed E-state index contributed by atoms with van der Waals surface area (Å²) in [6.07, 6.45) is 0.405. The van der Waals surface area contributed by atoms with Crippen LogP contribution in [-0.4, -0.2) is 6.04 Å². The fourth-order valence-corrected chi connectivity index (χ4v) is 3.00. The van der Waals surface area contributed by atoms with E-state index in [1.807, 2.05) is 31.2 Å². The minimum Gasteiger partial charge on any atom is -0.484 e. The third kappa shape index (κ3) is 4.28. The molecule has 0 saturated heterocycles. The Bertz CT molecular complexity index is 601. The van der Waals surface area contributed by atoms with E-state index in [0.717, 1.165) is 16.5 Å². The first-order valence-electron chi connectivity index (χ1n) is 6.64. The van der Waals surface area contributed by atoms with Crippen LogP contribution in [0.4, 0.5) is 4.39 Å². The minimum absolute atomic E-state index is 0.189. The van der Waals surface area contributed by atoms with Crippen LogP contribution in [0.5, 0.6) is 5.75 Å². The average molecular weight is 417 g/mol. The molecular formula is C16H16Br2FNO. The van der Waals surface area contributed by atoms with Crippen molar-refractivity contribution in [1.29, 1.82) is 0 Å². The van der Waals surface area contributed by atoms with Crippen LogP contribution in [0, 0.1) is 5.82 Å². The molecule has 2 atom stereocenters. The van der Waals surface area contributed by atoms with Crippen molar-refractivity contribution >= 4 is 31.9 Å². The number of hydrogen-bond acceptors (Lipinski definition) is 2. The third-order valence-corrected chi connectivity index (χ3v) is 4.35. The zero-order valence-corrected chi connectivity index (χ0v) is 14.7. The van der Waals surface area contributed by atoms with Gasteiger partial charge in [-0.15, -0.1) is 0 Å². The lowest BCUT2D eigenvalue weighted by Gasteiger charge is -2.25. The van der Waals surface area contributed by atoms with Gasteiger partial charge in [0, 0.05) is 26.6 Å². The Hall–Kier alpha value is -0.910. The van der Waals surface area contributed by atoms with Crippen molar-refractivity contribution in [3.05, 3.63) is 62.8 Å². The maximum absolute atomic E-state index is 13.5. The van der Waals surface area contributed by atoms with Gasteiger partial charge in [-0.2, -0.15) is 0 Å². The van der Waals surface area contributed by atoms with Crippen LogP contribution in [0.2, 0.25) is 0 Å². The van der Waals surface area contributed by atoms with Gasteiger partial charge < -0.3 is 10.5 Å². The van der Waals surface area contributed by atoms with Crippen LogP contribution < -0.4 is 10.5 Å². The molecule has 0 saturated carbocycles. The molecule has 5 heteroatoms. The van der Waals surface area contributed by atoms with E-state index >= 15 is 0 Å². The fourth-order valence-electron chi connectivity index (χ4n) is 2.04. The molecule has 0 heterocycles. The number of ether oxygens (including phenoxy) is 1. The first kappa shape index (κ1) is 16.5. The second-order valence-corrected chi connectivity index (χ2v) is 6.51. The molecule has 0 aliphatic heterocycles. The van der Waals surface area contributed by atoms with Crippen molar-refractivity contribution in [1.82, 2.24) is 0 Å². The molecule has 2 aromatic rings. The van der Waals surface area contributed by atoms with Gasteiger partial charge in [0.2, 0.25) is 0 Å². The number of benzene rings is 2. The quantitative estimate of drug-likeness (QED) is 0.726. The lowest BCUT2D eigenvalue weighted by Crippen LogP contribution is -2.31. The number of nitrogens with two attached hydrogens (primary N) is 1. The molecule has 0 fully saturated rings. The topological polar surface area (TPSA) is 35.2 Å². The molecule has 2 unspecified atom stereocenters. The zero-order chi connectivity index (χ0) is 15.4. The third-order valence-electron chi connectivity index (χ3n) is 3.17. The summed E-state index contributed by atoms with van der Waals surface area (Å²) in [6, 6.07) is 12.0. The largest absolute Gasteiger partial charge is 0.484 e. The van der Waals surface area contributed by atoms with Gasteiger partial charge in [-0.25, -0.2) is 4.39 Å². The molecule has 0 aliphatic rings. The molecule has 0 bridgehead atoms. The van der Waals surface area contributed by atoms with Crippen molar-refractivity contribution in [2.45, 2.75) is 25.5 Å². The van der Waals surface area contributed by atoms with Crippen molar-refractivity contribution in [3.8, 4) is 5.75 Å². The molecular weight excluding hydrogens is 401 g/mol. The predicted molar refractivity (Wildman–Crippen MR) is 89.9 cm³/mol. The Morgan fingerprint density at radius 3 is 2.52 bits per heavy atom. The average Bonchev–Trinajstić information content (AvgIpc) is 2.44. The maximum atomic E-state index is 13.5. The summed E-state index contributed by atoms with van der Waals surface area (Å²) < 4.78 is 21.0. The van der Waals surface area contributed by atoms with E-state index in [2.05, 4.69) is 31.9 Å². The highest BCUT2D eigenvalue weighted by Crippen LogP contribution is 2.32. The van der Waals surface area contributed by atoms with Gasteiger partial charge in [0.1, 0.15) is 17.7 Å². The molecule has 2 aromatic carbocycles. The normalized spacial score (nSPS) is 13.8. The Kier molecular flexibility index (Phi) is 5.79. The summed E-state index contributed by atoms with van der Waals surface area (Å²) in [4.78, 5) is 0. The molecule has 0 aromatic heterocycles. The molecule has 0 aliphatic carbocycles. The lowest BCUT2D eigenvalue weighted by molar-refractivity contribution is 0.169. The predicted octanol–water partition coefficient (Wildman–Crippen LogP) is 5.21. The summed E-state index contributed by atoms with van der Waals surface area (Å²) >= 11 is 6.79. The first-order chi connectivity index (χ1) is 10.0. The van der Waals surface area contributed by atoms with Crippen LogP contribution in [0.15, 0.2) is 51.4 Å². The van der Waals surface area contributed by atoms with Crippen LogP contribution in [0.1, 0.15) is 25.0 Å². The van der Waals surface area contributed by atoms with Gasteiger partial charge in [-0.05, 0) is 24.6 Å². The van der Waals surface area contributed by atoms with E-state index in [0.29, 0.717) is 10.2 Å². The SMILES string of the molecule is CCC(N)C(Oc1cc(F)cc(Br)c1)c1ccccc1Br. The molecule has 2 N–H and O–H groups in total. The highest BCUT2D eigenvalue weighted by Gasteiger charge is 2.23. The summed E-state index contributed by atoms with van der Waals surface area (Å²) in [6.45, 7) is 2.00. The van der Waals surface area contributed by atoms with Gasteiger partial charge in [0.25, 0.3) is 0 Å². The maximum Gasteiger partial charge on any atom is 0.140 e. The van der Waals surface area contributed by atoms with E-state index < -0.39 is 0 Å². The van der Waals surface area contributed by atoms with Crippen molar-refractivity contribution in [2.75, 3.05) is 0 Å². The number of halogens is 3. The van der Waals surface area contributed by atoms with Gasteiger partial charge in [-0.1, -0.05) is 57.0 Å². The standard InChI is InChI=1S/C16H16Br2FNO/c1-2-15(20)16(13-5-3-4-6-14(13)18)21-12-8-10(17)7-11(19)9-12/h3-9,15-16H,2,20H2,1H3. The molecule has 112 valence electrons. The Morgan fingerprint density at radius 2 is 1.90 bits per heavy atom. The first-order valence-corrected chi connectivity index (χ1v) is 8.22. The van der Waals surface area contributed by atoms with Gasteiger partial charge in [0.05, 0.1) is 0 Å². The monoisotopic (exact) mass is 415 g/mol. The summed E-state index contributed by atoms with van der Waals surface area (Å²) in [5, 5.41) is 0. The molecule has 0 spiro atoms. The lowest BCUT2D eigenvalue weighted by atomic mass is 10.0. The van der Waals surface area contributed by atoms with Crippen molar-refractivity contribution in [2.24, 2.45) is 5.73 Å². The van der Waals surface area contributed by atoms with Crippen molar-refractivity contribution in [3.63, 3.8) is 0 Å². The smallest absolute Gasteiger partial charge is 0.140 e. The Morgan fingerprint density at radius 1 is 1.19 bits per heavy atom. The summed E-state index contributed by atoms with van der Waals surface area (Å²) in [5.74, 6) is 0.0989. The van der Waals surface area contributed by atoms with Crippen molar-refractivity contribution < 1.29 is 9.13 Å². The second-order valence-electron chi connectivity index (χ2n) is 4.74. The second kappa shape index (κ2) is 7.38. The van der Waals surface area contributed by atoms with Gasteiger partial charge in [-0.3, -0.25) is 0 Å².